The molecule has 0 aliphatic rings. The van der Waals surface area contributed by atoms with Crippen LogP contribution in [-0.2, 0) is 36.9 Å². The summed E-state index contributed by atoms with van der Waals surface area (Å²) in [5, 5.41) is 0. The van der Waals surface area contributed by atoms with E-state index in [1.54, 1.807) is 7.11 Å². The summed E-state index contributed by atoms with van der Waals surface area (Å²) in [5.74, 6) is 3.32. The third kappa shape index (κ3) is 12.7. The highest BCUT2D eigenvalue weighted by Gasteiger charge is 2.15. The Kier molecular flexibility index (Phi) is 17.6. The SMILES string of the molecule is CCCn1c(-c2ccccc2)nc2cc(OCCCCCC(=O)OC)ccc21.COCCCn1c(-c2ccccc2)nc2ccc(OCCCCCC(=O)OC)cc21. The molecule has 2 aromatic heterocycles. The van der Waals surface area contributed by atoms with E-state index >= 15 is 0 Å². The van der Waals surface area contributed by atoms with Crippen LogP contribution < -0.4 is 9.47 Å². The lowest BCUT2D eigenvalue weighted by Crippen LogP contribution is -2.04. The van der Waals surface area contributed by atoms with E-state index in [0.717, 1.165) is 121 Å². The summed E-state index contributed by atoms with van der Waals surface area (Å²) in [7, 11) is 4.57. The molecule has 58 heavy (non-hydrogen) atoms. The largest absolute Gasteiger partial charge is 0.494 e. The second-order valence-electron chi connectivity index (χ2n) is 14.0. The van der Waals surface area contributed by atoms with Crippen LogP contribution in [0.4, 0.5) is 0 Å². The highest BCUT2D eigenvalue weighted by Crippen LogP contribution is 2.30. The average Bonchev–Trinajstić information content (AvgIpc) is 3.81. The Morgan fingerprint density at radius 2 is 1.07 bits per heavy atom. The first-order valence-corrected chi connectivity index (χ1v) is 20.4. The Hall–Kier alpha value is -5.68. The molecule has 6 aromatic rings. The van der Waals surface area contributed by atoms with Gasteiger partial charge in [-0.15, -0.1) is 0 Å². The Morgan fingerprint density at radius 3 is 1.62 bits per heavy atom. The fourth-order valence-electron chi connectivity index (χ4n) is 6.73. The lowest BCUT2D eigenvalue weighted by molar-refractivity contribution is -0.141. The van der Waals surface area contributed by atoms with Gasteiger partial charge < -0.3 is 32.8 Å². The number of aromatic nitrogens is 4. The van der Waals surface area contributed by atoms with Crippen LogP contribution in [-0.4, -0.2) is 72.2 Å². The van der Waals surface area contributed by atoms with Crippen molar-refractivity contribution in [2.75, 3.05) is 41.2 Å². The van der Waals surface area contributed by atoms with Crippen molar-refractivity contribution in [1.82, 2.24) is 19.1 Å². The zero-order valence-corrected chi connectivity index (χ0v) is 34.5. The summed E-state index contributed by atoms with van der Waals surface area (Å²) in [6, 6.07) is 32.7. The molecule has 308 valence electrons. The van der Waals surface area contributed by atoms with E-state index in [4.69, 9.17) is 24.2 Å². The van der Waals surface area contributed by atoms with Crippen LogP contribution in [0.3, 0.4) is 0 Å². The number of nitrogens with zero attached hydrogens (tertiary/aromatic N) is 4. The molecule has 0 bridgehead atoms. The van der Waals surface area contributed by atoms with Crippen molar-refractivity contribution in [3.05, 3.63) is 97.1 Å². The van der Waals surface area contributed by atoms with E-state index in [1.165, 1.54) is 14.2 Å². The van der Waals surface area contributed by atoms with Crippen molar-refractivity contribution in [1.29, 1.82) is 0 Å². The number of carbonyl (C=O) groups is 2. The molecule has 0 fully saturated rings. The van der Waals surface area contributed by atoms with E-state index in [9.17, 15) is 9.59 Å². The number of aryl methyl sites for hydroxylation is 2. The van der Waals surface area contributed by atoms with E-state index < -0.39 is 0 Å². The van der Waals surface area contributed by atoms with Gasteiger partial charge in [-0.05, 0) is 75.6 Å². The van der Waals surface area contributed by atoms with Crippen LogP contribution in [0, 0.1) is 0 Å². The van der Waals surface area contributed by atoms with Gasteiger partial charge in [-0.3, -0.25) is 9.59 Å². The number of unbranched alkanes of at least 4 members (excludes halogenated alkanes) is 4. The van der Waals surface area contributed by atoms with Gasteiger partial charge in [0.2, 0.25) is 0 Å². The topological polar surface area (TPSA) is 116 Å². The van der Waals surface area contributed by atoms with Gasteiger partial charge in [0, 0.05) is 62.9 Å². The lowest BCUT2D eigenvalue weighted by Gasteiger charge is -2.10. The maximum atomic E-state index is 11.2. The van der Waals surface area contributed by atoms with Crippen molar-refractivity contribution in [2.45, 2.75) is 84.2 Å². The van der Waals surface area contributed by atoms with Gasteiger partial charge in [-0.25, -0.2) is 9.97 Å². The molecular weight excluding hydrogens is 733 g/mol. The number of fused-ring (bicyclic) bond motifs is 2. The number of imidazole rings is 2. The van der Waals surface area contributed by atoms with Gasteiger partial charge in [-0.2, -0.15) is 0 Å². The molecule has 4 aromatic carbocycles. The highest BCUT2D eigenvalue weighted by molar-refractivity contribution is 5.83. The number of methoxy groups -OCH3 is 3. The van der Waals surface area contributed by atoms with Crippen LogP contribution in [0.1, 0.15) is 71.1 Å². The van der Waals surface area contributed by atoms with Gasteiger partial charge in [-0.1, -0.05) is 67.6 Å². The number of benzene rings is 4. The molecule has 2 heterocycles. The Labute approximate surface area is 342 Å². The van der Waals surface area contributed by atoms with Crippen molar-refractivity contribution in [2.24, 2.45) is 0 Å². The van der Waals surface area contributed by atoms with Crippen molar-refractivity contribution < 1.29 is 33.3 Å². The zero-order chi connectivity index (χ0) is 41.0. The lowest BCUT2D eigenvalue weighted by atomic mass is 10.2. The number of carbonyl (C=O) groups excluding carboxylic acids is 2. The Balaban J connectivity index is 0.000000221. The molecule has 0 N–H and O–H groups in total. The Morgan fingerprint density at radius 1 is 0.534 bits per heavy atom. The predicted molar refractivity (Wildman–Crippen MR) is 229 cm³/mol. The number of hydrogen-bond donors (Lipinski definition) is 0. The summed E-state index contributed by atoms with van der Waals surface area (Å²) in [6.07, 6.45) is 8.24. The molecule has 0 spiro atoms. The van der Waals surface area contributed by atoms with Crippen LogP contribution >= 0.6 is 0 Å². The summed E-state index contributed by atoms with van der Waals surface area (Å²) in [4.78, 5) is 32.0. The molecule has 0 amide bonds. The fraction of sp³-hybridized carbons (Fsp3) is 0.404. The standard InChI is InChI=1S/C24H30N2O4.C23H28N2O3/c1-28-16-9-15-26-22-18-20(30-17-8-4-7-12-23(27)29-2)13-14-21(22)25-24(26)19-10-5-3-6-11-19;1-3-15-25-21-14-13-19(28-16-9-5-8-12-22(26)27-2)17-20(21)24-23(25)18-10-6-4-7-11-18/h3,5-6,10-11,13-14,18H,4,7-9,12,15-17H2,1-2H3;4,6-7,10-11,13-14,17H,3,5,8-9,12,15-16H2,1-2H3. The monoisotopic (exact) mass is 790 g/mol. The van der Waals surface area contributed by atoms with Gasteiger partial charge in [0.05, 0.1) is 49.5 Å². The highest BCUT2D eigenvalue weighted by atomic mass is 16.5. The number of rotatable bonds is 22. The first-order chi connectivity index (χ1) is 28.4. The molecule has 0 aliphatic heterocycles. The van der Waals surface area contributed by atoms with Crippen LogP contribution in [0.15, 0.2) is 97.1 Å². The molecular formula is C47H58N4O7. The molecule has 0 saturated carbocycles. The van der Waals surface area contributed by atoms with E-state index in [2.05, 4.69) is 61.9 Å². The maximum absolute atomic E-state index is 11.2. The predicted octanol–water partition coefficient (Wildman–Crippen LogP) is 10.1. The minimum Gasteiger partial charge on any atom is -0.494 e. The van der Waals surface area contributed by atoms with Crippen LogP contribution in [0.2, 0.25) is 0 Å². The van der Waals surface area contributed by atoms with E-state index in [-0.39, 0.29) is 11.9 Å². The maximum Gasteiger partial charge on any atom is 0.305 e. The van der Waals surface area contributed by atoms with Crippen LogP contribution in [0.25, 0.3) is 44.8 Å². The zero-order valence-electron chi connectivity index (χ0n) is 34.5. The number of ether oxygens (including phenoxy) is 5. The normalized spacial score (nSPS) is 11.0. The second-order valence-corrected chi connectivity index (χ2v) is 14.0. The van der Waals surface area contributed by atoms with Crippen molar-refractivity contribution in [3.8, 4) is 34.3 Å². The van der Waals surface area contributed by atoms with Crippen molar-refractivity contribution in [3.63, 3.8) is 0 Å². The smallest absolute Gasteiger partial charge is 0.305 e. The molecule has 0 radical (unpaired) electrons. The van der Waals surface area contributed by atoms with Crippen molar-refractivity contribution >= 4 is 34.0 Å². The summed E-state index contributed by atoms with van der Waals surface area (Å²) in [6.45, 7) is 5.89. The molecule has 11 heteroatoms. The first kappa shape index (κ1) is 43.4. The summed E-state index contributed by atoms with van der Waals surface area (Å²) >= 11 is 0. The second kappa shape index (κ2) is 23.5. The molecule has 11 nitrogen and oxygen atoms in total. The fourth-order valence-corrected chi connectivity index (χ4v) is 6.73. The number of hydrogen-bond acceptors (Lipinski definition) is 9. The summed E-state index contributed by atoms with van der Waals surface area (Å²) in [5.41, 5.74) is 6.32. The molecule has 0 unspecified atom stereocenters. The minimum atomic E-state index is -0.155. The minimum absolute atomic E-state index is 0.150. The van der Waals surface area contributed by atoms with E-state index in [0.29, 0.717) is 32.7 Å². The van der Waals surface area contributed by atoms with Gasteiger partial charge in [0.15, 0.2) is 0 Å². The third-order valence-corrected chi connectivity index (χ3v) is 9.72. The quantitative estimate of drug-likeness (QED) is 0.0489. The van der Waals surface area contributed by atoms with Gasteiger partial charge in [0.25, 0.3) is 0 Å². The van der Waals surface area contributed by atoms with Gasteiger partial charge >= 0.3 is 11.9 Å². The molecule has 0 saturated heterocycles. The molecule has 6 rings (SSSR count). The average molecular weight is 791 g/mol. The van der Waals surface area contributed by atoms with Crippen LogP contribution in [0.5, 0.6) is 11.5 Å². The molecule has 0 atom stereocenters. The summed E-state index contributed by atoms with van der Waals surface area (Å²) < 4.78 is 30.9. The first-order valence-electron chi connectivity index (χ1n) is 20.4. The third-order valence-electron chi connectivity index (χ3n) is 9.72. The molecule has 0 aliphatic carbocycles. The Bertz CT molecular complexity index is 2150. The van der Waals surface area contributed by atoms with E-state index in [1.807, 2.05) is 60.7 Å². The number of esters is 2. The van der Waals surface area contributed by atoms with Gasteiger partial charge in [0.1, 0.15) is 23.1 Å².